The van der Waals surface area contributed by atoms with E-state index in [0.29, 0.717) is 24.5 Å². The summed E-state index contributed by atoms with van der Waals surface area (Å²) in [5.74, 6) is -0.153. The lowest BCUT2D eigenvalue weighted by Gasteiger charge is -2.24. The first-order valence-electron chi connectivity index (χ1n) is 5.76. The summed E-state index contributed by atoms with van der Waals surface area (Å²) in [6.07, 6.45) is 2.12. The van der Waals surface area contributed by atoms with Crippen molar-refractivity contribution in [3.63, 3.8) is 0 Å². The highest BCUT2D eigenvalue weighted by molar-refractivity contribution is 5.98. The molecule has 0 radical (unpaired) electrons. The first-order chi connectivity index (χ1) is 8.35. The van der Waals surface area contributed by atoms with E-state index >= 15 is 0 Å². The Hall–Kier alpha value is -1.82. The number of nitrogens with one attached hydrogen (secondary N) is 1. The molecular weight excluding hydrogens is 232 g/mol. The van der Waals surface area contributed by atoms with E-state index in [9.17, 15) is 4.79 Å². The smallest absolute Gasteiger partial charge is 0.252 e. The van der Waals surface area contributed by atoms with Gasteiger partial charge in [0.2, 0.25) is 0 Å². The number of carbonyl (C=O) groups excluding carboxylic acids is 1. The summed E-state index contributed by atoms with van der Waals surface area (Å²) in [6.45, 7) is 4.71. The van der Waals surface area contributed by atoms with Crippen LogP contribution in [-0.2, 0) is 0 Å². The molecule has 1 amide bonds. The molecule has 0 spiro atoms. The Morgan fingerprint density at radius 3 is 2.78 bits per heavy atom. The van der Waals surface area contributed by atoms with Crippen LogP contribution in [0.3, 0.4) is 0 Å². The van der Waals surface area contributed by atoms with Gasteiger partial charge in [-0.1, -0.05) is 13.8 Å². The minimum atomic E-state index is -0.572. The minimum absolute atomic E-state index is 0.104. The molecule has 0 aliphatic heterocycles. The molecule has 1 aromatic heterocycles. The fourth-order valence-electron chi connectivity index (χ4n) is 1.52. The SMILES string of the molecule is CC(C)(CCO)CNc1ncc(N)cc1C(N)=O. The van der Waals surface area contributed by atoms with Crippen molar-refractivity contribution in [2.75, 3.05) is 24.2 Å². The Balaban J connectivity index is 2.82. The number of aliphatic hydroxyl groups excluding tert-OH is 1. The van der Waals surface area contributed by atoms with E-state index in [0.717, 1.165) is 0 Å². The van der Waals surface area contributed by atoms with Crippen LogP contribution in [0.2, 0.25) is 0 Å². The van der Waals surface area contributed by atoms with Crippen molar-refractivity contribution < 1.29 is 9.90 Å². The fraction of sp³-hybridized carbons (Fsp3) is 0.500. The number of nitrogens with two attached hydrogens (primary N) is 2. The second-order valence-electron chi connectivity index (χ2n) is 5.02. The van der Waals surface area contributed by atoms with Crippen molar-refractivity contribution in [2.24, 2.45) is 11.1 Å². The number of amides is 1. The zero-order chi connectivity index (χ0) is 13.8. The Bertz CT molecular complexity index is 432. The third kappa shape index (κ3) is 3.89. The average Bonchev–Trinajstić information content (AvgIpc) is 2.27. The van der Waals surface area contributed by atoms with Gasteiger partial charge in [-0.2, -0.15) is 0 Å². The van der Waals surface area contributed by atoms with Gasteiger partial charge in [-0.25, -0.2) is 4.98 Å². The minimum Gasteiger partial charge on any atom is -0.397 e. The number of nitrogen functional groups attached to an aromatic ring is 1. The van der Waals surface area contributed by atoms with Gasteiger partial charge < -0.3 is 21.9 Å². The number of carbonyl (C=O) groups is 1. The molecule has 0 saturated carbocycles. The lowest BCUT2D eigenvalue weighted by atomic mass is 9.90. The Morgan fingerprint density at radius 2 is 2.22 bits per heavy atom. The number of aliphatic hydroxyl groups is 1. The Labute approximate surface area is 106 Å². The van der Waals surface area contributed by atoms with Gasteiger partial charge >= 0.3 is 0 Å². The van der Waals surface area contributed by atoms with Crippen molar-refractivity contribution in [1.82, 2.24) is 4.98 Å². The molecule has 0 aliphatic rings. The largest absolute Gasteiger partial charge is 0.397 e. The predicted octanol–water partition coefficient (Wildman–Crippen LogP) is 0.583. The highest BCUT2D eigenvalue weighted by atomic mass is 16.3. The lowest BCUT2D eigenvalue weighted by Crippen LogP contribution is -2.26. The standard InChI is InChI=1S/C12H20N4O2/c1-12(2,3-4-17)7-16-11-9(10(14)18)5-8(13)6-15-11/h5-6,17H,3-4,7,13H2,1-2H3,(H2,14,18)(H,15,16). The summed E-state index contributed by atoms with van der Waals surface area (Å²) in [5.41, 5.74) is 11.4. The van der Waals surface area contributed by atoms with Crippen molar-refractivity contribution >= 4 is 17.4 Å². The van der Waals surface area contributed by atoms with Crippen molar-refractivity contribution in [1.29, 1.82) is 0 Å². The number of rotatable bonds is 6. The fourth-order valence-corrected chi connectivity index (χ4v) is 1.52. The maximum atomic E-state index is 11.3. The molecule has 6 nitrogen and oxygen atoms in total. The van der Waals surface area contributed by atoms with E-state index in [1.165, 1.54) is 12.3 Å². The maximum absolute atomic E-state index is 11.3. The zero-order valence-electron chi connectivity index (χ0n) is 10.7. The summed E-state index contributed by atoms with van der Waals surface area (Å²) in [4.78, 5) is 15.3. The molecule has 0 aliphatic carbocycles. The quantitative estimate of drug-likeness (QED) is 0.591. The third-order valence-electron chi connectivity index (χ3n) is 2.70. The van der Waals surface area contributed by atoms with Crippen LogP contribution in [0.5, 0.6) is 0 Å². The zero-order valence-corrected chi connectivity index (χ0v) is 10.7. The number of hydrogen-bond donors (Lipinski definition) is 4. The second-order valence-corrected chi connectivity index (χ2v) is 5.02. The van der Waals surface area contributed by atoms with Crippen LogP contribution in [0, 0.1) is 5.41 Å². The van der Waals surface area contributed by atoms with Gasteiger partial charge in [-0.15, -0.1) is 0 Å². The molecule has 0 unspecified atom stereocenters. The topological polar surface area (TPSA) is 114 Å². The average molecular weight is 252 g/mol. The third-order valence-corrected chi connectivity index (χ3v) is 2.70. The first-order valence-corrected chi connectivity index (χ1v) is 5.76. The van der Waals surface area contributed by atoms with Crippen LogP contribution in [0.25, 0.3) is 0 Å². The normalized spacial score (nSPS) is 11.3. The van der Waals surface area contributed by atoms with Crippen molar-refractivity contribution in [3.05, 3.63) is 17.8 Å². The predicted molar refractivity (Wildman–Crippen MR) is 71.1 cm³/mol. The van der Waals surface area contributed by atoms with Crippen LogP contribution in [0.15, 0.2) is 12.3 Å². The summed E-state index contributed by atoms with van der Waals surface area (Å²) in [6, 6.07) is 1.50. The molecule has 1 rings (SSSR count). The number of aromatic nitrogens is 1. The van der Waals surface area contributed by atoms with Crippen molar-refractivity contribution in [3.8, 4) is 0 Å². The number of primary amides is 1. The van der Waals surface area contributed by atoms with E-state index in [1.54, 1.807) is 0 Å². The molecule has 0 atom stereocenters. The molecule has 6 N–H and O–H groups in total. The summed E-state index contributed by atoms with van der Waals surface area (Å²) in [7, 11) is 0. The van der Waals surface area contributed by atoms with Gasteiger partial charge in [0.05, 0.1) is 17.4 Å². The molecular formula is C12H20N4O2. The monoisotopic (exact) mass is 252 g/mol. The van der Waals surface area contributed by atoms with E-state index in [1.807, 2.05) is 13.8 Å². The molecule has 0 saturated heterocycles. The van der Waals surface area contributed by atoms with Gasteiger partial charge in [0.25, 0.3) is 5.91 Å². The number of pyridine rings is 1. The van der Waals surface area contributed by atoms with E-state index < -0.39 is 5.91 Å². The van der Waals surface area contributed by atoms with Crippen LogP contribution in [-0.4, -0.2) is 29.1 Å². The molecule has 100 valence electrons. The molecule has 0 bridgehead atoms. The lowest BCUT2D eigenvalue weighted by molar-refractivity contribution is 0.100. The summed E-state index contributed by atoms with van der Waals surface area (Å²) in [5, 5.41) is 12.0. The second kappa shape index (κ2) is 5.68. The van der Waals surface area contributed by atoms with Gasteiger partial charge in [-0.05, 0) is 17.9 Å². The van der Waals surface area contributed by atoms with Crippen LogP contribution < -0.4 is 16.8 Å². The molecule has 0 aromatic carbocycles. The molecule has 1 heterocycles. The highest BCUT2D eigenvalue weighted by Gasteiger charge is 2.18. The van der Waals surface area contributed by atoms with Crippen molar-refractivity contribution in [2.45, 2.75) is 20.3 Å². The molecule has 18 heavy (non-hydrogen) atoms. The summed E-state index contributed by atoms with van der Waals surface area (Å²) >= 11 is 0. The van der Waals surface area contributed by atoms with Gasteiger partial charge in [-0.3, -0.25) is 4.79 Å². The van der Waals surface area contributed by atoms with E-state index in [4.69, 9.17) is 16.6 Å². The van der Waals surface area contributed by atoms with Crippen LogP contribution >= 0.6 is 0 Å². The van der Waals surface area contributed by atoms with Crippen LogP contribution in [0.1, 0.15) is 30.6 Å². The van der Waals surface area contributed by atoms with E-state index in [-0.39, 0.29) is 17.6 Å². The number of nitrogens with zero attached hydrogens (tertiary/aromatic N) is 1. The highest BCUT2D eigenvalue weighted by Crippen LogP contribution is 2.22. The first kappa shape index (κ1) is 14.2. The van der Waals surface area contributed by atoms with Gasteiger partial charge in [0, 0.05) is 13.2 Å². The van der Waals surface area contributed by atoms with Gasteiger partial charge in [0.15, 0.2) is 0 Å². The van der Waals surface area contributed by atoms with Crippen LogP contribution in [0.4, 0.5) is 11.5 Å². The Morgan fingerprint density at radius 1 is 1.56 bits per heavy atom. The molecule has 6 heteroatoms. The number of hydrogen-bond acceptors (Lipinski definition) is 5. The number of anilines is 2. The van der Waals surface area contributed by atoms with Gasteiger partial charge in [0.1, 0.15) is 5.82 Å². The molecule has 1 aromatic rings. The summed E-state index contributed by atoms with van der Waals surface area (Å²) < 4.78 is 0. The van der Waals surface area contributed by atoms with E-state index in [2.05, 4.69) is 10.3 Å². The molecule has 0 fully saturated rings. The Kier molecular flexibility index (Phi) is 4.49. The maximum Gasteiger partial charge on any atom is 0.252 e.